The summed E-state index contributed by atoms with van der Waals surface area (Å²) in [5, 5.41) is 23.2. The zero-order valence-electron chi connectivity index (χ0n) is 22.4. The molecule has 16 heteroatoms. The fourth-order valence-electron chi connectivity index (χ4n) is 5.06. The van der Waals surface area contributed by atoms with Gasteiger partial charge < -0.3 is 30.5 Å². The van der Waals surface area contributed by atoms with Gasteiger partial charge in [-0.05, 0) is 26.0 Å². The number of fused-ring (bicyclic) bond motifs is 2. The third-order valence-corrected chi connectivity index (χ3v) is 6.79. The van der Waals surface area contributed by atoms with Crippen molar-refractivity contribution in [2.75, 3.05) is 18.8 Å². The first-order valence-electron chi connectivity index (χ1n) is 13.0. The number of oxime groups is 1. The van der Waals surface area contributed by atoms with Crippen molar-refractivity contribution < 1.29 is 24.2 Å². The van der Waals surface area contributed by atoms with E-state index in [9.17, 15) is 4.79 Å². The molecular weight excluding hydrogens is 534 g/mol. The molecule has 0 radical (unpaired) electrons. The summed E-state index contributed by atoms with van der Waals surface area (Å²) in [5.74, 6) is -0.797. The summed E-state index contributed by atoms with van der Waals surface area (Å²) in [6, 6.07) is 5.40. The van der Waals surface area contributed by atoms with Crippen molar-refractivity contribution in [1.29, 1.82) is 0 Å². The van der Waals surface area contributed by atoms with Crippen LogP contribution in [0.15, 0.2) is 42.2 Å². The molecule has 41 heavy (non-hydrogen) atoms. The van der Waals surface area contributed by atoms with Gasteiger partial charge in [-0.2, -0.15) is 0 Å². The van der Waals surface area contributed by atoms with Gasteiger partial charge in [0.1, 0.15) is 30.2 Å². The number of carbonyl (C=O) groups excluding carboxylic acids is 1. The highest BCUT2D eigenvalue weighted by Gasteiger charge is 2.58. The van der Waals surface area contributed by atoms with E-state index >= 15 is 0 Å². The van der Waals surface area contributed by atoms with Crippen LogP contribution in [-0.2, 0) is 32.0 Å². The average molecular weight is 564 g/mol. The predicted octanol–water partition coefficient (Wildman–Crippen LogP) is 0.0703. The Bertz CT molecular complexity index is 1580. The third kappa shape index (κ3) is 5.49. The Morgan fingerprint density at radius 3 is 2.93 bits per heavy atom. The number of carbonyl (C=O) groups is 1. The predicted molar refractivity (Wildman–Crippen MR) is 142 cm³/mol. The molecule has 16 nitrogen and oxygen atoms in total. The molecule has 0 amide bonds. The minimum atomic E-state index is -0.886. The highest BCUT2D eigenvalue weighted by molar-refractivity contribution is 5.86. The molecule has 0 aromatic carbocycles. The van der Waals surface area contributed by atoms with Crippen LogP contribution in [0.25, 0.3) is 11.2 Å². The van der Waals surface area contributed by atoms with Gasteiger partial charge in [0.05, 0.1) is 42.7 Å². The van der Waals surface area contributed by atoms with E-state index in [0.717, 1.165) is 11.4 Å². The standard InChI is InChI=1S/C25H29N11O5/c1-25(2)40-20-19(39-24(21(20)41-25)36-13-30-18-22(26)28-12-29-23(18)36)17(37)9-27-7-6-16-11-35(34-33-16)10-15-5-3-4-14(32-15)8-31-38/h3-5,8,11-13,19-21,24,27,38H,6-7,9-10H2,1-2H3,(H2,26,28,29)/b31-8+/t19-,20-,21-,24?/m1/s1. The molecule has 4 aromatic heterocycles. The number of ether oxygens (including phenoxy) is 3. The van der Waals surface area contributed by atoms with E-state index in [0.29, 0.717) is 36.4 Å². The van der Waals surface area contributed by atoms with Gasteiger partial charge in [-0.3, -0.25) is 9.36 Å². The van der Waals surface area contributed by atoms with Crippen molar-refractivity contribution in [3.63, 3.8) is 0 Å². The Balaban J connectivity index is 1.05. The van der Waals surface area contributed by atoms with Gasteiger partial charge in [0.15, 0.2) is 29.3 Å². The number of hydrogen-bond donors (Lipinski definition) is 3. The lowest BCUT2D eigenvalue weighted by molar-refractivity contribution is -0.196. The summed E-state index contributed by atoms with van der Waals surface area (Å²) < 4.78 is 21.8. The van der Waals surface area contributed by atoms with Gasteiger partial charge in [-0.1, -0.05) is 16.4 Å². The van der Waals surface area contributed by atoms with Crippen molar-refractivity contribution in [1.82, 2.24) is 44.8 Å². The van der Waals surface area contributed by atoms with E-state index in [1.54, 1.807) is 35.5 Å². The molecule has 2 fully saturated rings. The molecular formula is C25H29N11O5. The summed E-state index contributed by atoms with van der Waals surface area (Å²) in [4.78, 5) is 30.2. The SMILES string of the molecule is CC1(C)O[C@@H]2[C@@H](C(=O)CNCCc3cn(Cc4cccc(/C=N/O)n4)nn3)OC(n3cnc4c(N)ncnc43)[C@@H]2O1. The molecule has 214 valence electrons. The first kappa shape index (κ1) is 26.8. The molecule has 2 aliphatic heterocycles. The molecule has 6 heterocycles. The molecule has 1 unspecified atom stereocenters. The summed E-state index contributed by atoms with van der Waals surface area (Å²) in [6.07, 6.45) is 3.87. The highest BCUT2D eigenvalue weighted by Crippen LogP contribution is 2.44. The van der Waals surface area contributed by atoms with Crippen LogP contribution in [-0.4, -0.2) is 93.9 Å². The van der Waals surface area contributed by atoms with Gasteiger partial charge in [-0.25, -0.2) is 24.6 Å². The van der Waals surface area contributed by atoms with Gasteiger partial charge in [-0.15, -0.1) is 5.10 Å². The number of pyridine rings is 1. The maximum absolute atomic E-state index is 13.3. The summed E-state index contributed by atoms with van der Waals surface area (Å²) in [6.45, 7) is 4.59. The highest BCUT2D eigenvalue weighted by atomic mass is 16.8. The number of imidazole rings is 1. The monoisotopic (exact) mass is 563 g/mol. The number of nitrogens with one attached hydrogen (secondary N) is 1. The van der Waals surface area contributed by atoms with Crippen LogP contribution in [0.3, 0.4) is 0 Å². The van der Waals surface area contributed by atoms with Crippen LogP contribution in [0.5, 0.6) is 0 Å². The fraction of sp³-hybridized carbons (Fsp3) is 0.440. The first-order chi connectivity index (χ1) is 19.8. The number of rotatable bonds is 10. The molecule has 4 aromatic rings. The normalized spacial score (nSPS) is 23.5. The van der Waals surface area contributed by atoms with Crippen LogP contribution >= 0.6 is 0 Å². The number of Topliss-reactive ketones (excluding diaryl/α,β-unsaturated/α-hetero) is 1. The van der Waals surface area contributed by atoms with Crippen LogP contribution in [0.4, 0.5) is 5.82 Å². The maximum atomic E-state index is 13.3. The molecule has 0 spiro atoms. The lowest BCUT2D eigenvalue weighted by Crippen LogP contribution is -2.40. The van der Waals surface area contributed by atoms with E-state index in [1.807, 2.05) is 18.3 Å². The molecule has 4 N–H and O–H groups in total. The van der Waals surface area contributed by atoms with Gasteiger partial charge in [0.25, 0.3) is 0 Å². The van der Waals surface area contributed by atoms with Crippen LogP contribution in [0.2, 0.25) is 0 Å². The largest absolute Gasteiger partial charge is 0.411 e. The number of nitrogens with zero attached hydrogens (tertiary/aromatic N) is 9. The van der Waals surface area contributed by atoms with E-state index in [1.165, 1.54) is 12.5 Å². The zero-order chi connectivity index (χ0) is 28.6. The number of nitrogen functional groups attached to an aromatic ring is 1. The second-order valence-electron chi connectivity index (χ2n) is 10.2. The lowest BCUT2D eigenvalue weighted by Gasteiger charge is -2.24. The van der Waals surface area contributed by atoms with Gasteiger partial charge in [0, 0.05) is 19.2 Å². The Hall–Kier alpha value is -4.38. The number of anilines is 1. The fourth-order valence-corrected chi connectivity index (χ4v) is 5.06. The molecule has 0 aliphatic carbocycles. The Morgan fingerprint density at radius 1 is 1.22 bits per heavy atom. The van der Waals surface area contributed by atoms with Gasteiger partial charge >= 0.3 is 0 Å². The van der Waals surface area contributed by atoms with Crippen molar-refractivity contribution >= 4 is 29.0 Å². The van der Waals surface area contributed by atoms with Crippen molar-refractivity contribution in [2.24, 2.45) is 5.16 Å². The van der Waals surface area contributed by atoms with E-state index in [4.69, 9.17) is 25.2 Å². The number of ketones is 1. The summed E-state index contributed by atoms with van der Waals surface area (Å²) in [5.41, 5.74) is 8.92. The minimum Gasteiger partial charge on any atom is -0.411 e. The number of hydrogen-bond acceptors (Lipinski definition) is 14. The summed E-state index contributed by atoms with van der Waals surface area (Å²) >= 11 is 0. The Morgan fingerprint density at radius 2 is 2.07 bits per heavy atom. The summed E-state index contributed by atoms with van der Waals surface area (Å²) in [7, 11) is 0. The minimum absolute atomic E-state index is 0.0709. The maximum Gasteiger partial charge on any atom is 0.178 e. The molecule has 4 atom stereocenters. The molecule has 2 aliphatic rings. The van der Waals surface area contributed by atoms with E-state index in [2.05, 4.69) is 40.7 Å². The van der Waals surface area contributed by atoms with Crippen LogP contribution < -0.4 is 11.1 Å². The Labute approximate surface area is 233 Å². The van der Waals surface area contributed by atoms with Crippen molar-refractivity contribution in [3.8, 4) is 0 Å². The van der Waals surface area contributed by atoms with E-state index in [-0.39, 0.29) is 18.1 Å². The Kier molecular flexibility index (Phi) is 7.12. The third-order valence-electron chi connectivity index (χ3n) is 6.79. The quantitative estimate of drug-likeness (QED) is 0.101. The second kappa shape index (κ2) is 10.9. The first-order valence-corrected chi connectivity index (χ1v) is 13.0. The van der Waals surface area contributed by atoms with Crippen LogP contribution in [0, 0.1) is 0 Å². The van der Waals surface area contributed by atoms with Crippen LogP contribution in [0.1, 0.15) is 37.2 Å². The number of aromatic nitrogens is 8. The molecule has 2 saturated heterocycles. The van der Waals surface area contributed by atoms with Crippen molar-refractivity contribution in [3.05, 3.63) is 54.1 Å². The lowest BCUT2D eigenvalue weighted by atomic mass is 10.1. The van der Waals surface area contributed by atoms with E-state index < -0.39 is 30.3 Å². The molecule has 0 bridgehead atoms. The van der Waals surface area contributed by atoms with Crippen molar-refractivity contribution in [2.45, 2.75) is 57.1 Å². The molecule has 6 rings (SSSR count). The number of nitrogens with two attached hydrogens (primary N) is 1. The second-order valence-corrected chi connectivity index (χ2v) is 10.2. The topological polar surface area (TPSA) is 203 Å². The van der Waals surface area contributed by atoms with Gasteiger partial charge in [0.2, 0.25) is 0 Å². The molecule has 0 saturated carbocycles. The zero-order valence-corrected chi connectivity index (χ0v) is 22.4. The smallest absolute Gasteiger partial charge is 0.178 e. The average Bonchev–Trinajstić information content (AvgIpc) is 3.70.